The zero-order valence-corrected chi connectivity index (χ0v) is 11.3. The number of halogens is 1. The Bertz CT molecular complexity index is 235. The molecular formula is C10H18BrNO3. The molecule has 88 valence electrons. The number of amides is 1. The minimum atomic E-state index is -0.549. The van der Waals surface area contributed by atoms with Crippen LogP contribution in [0.15, 0.2) is 0 Å². The van der Waals surface area contributed by atoms with Gasteiger partial charge in [0.15, 0.2) is 0 Å². The number of hydrogen-bond donors (Lipinski definition) is 0. The van der Waals surface area contributed by atoms with Crippen molar-refractivity contribution in [3.8, 4) is 0 Å². The number of esters is 1. The molecule has 0 N–H and O–H groups in total. The summed E-state index contributed by atoms with van der Waals surface area (Å²) in [4.78, 5) is 24.1. The molecule has 0 heterocycles. The van der Waals surface area contributed by atoms with Crippen LogP contribution in [0.3, 0.4) is 0 Å². The van der Waals surface area contributed by atoms with Gasteiger partial charge in [-0.1, -0.05) is 15.9 Å². The van der Waals surface area contributed by atoms with Gasteiger partial charge in [-0.25, -0.2) is 0 Å². The maximum atomic E-state index is 11.7. The fourth-order valence-corrected chi connectivity index (χ4v) is 1.42. The van der Waals surface area contributed by atoms with Gasteiger partial charge in [0.2, 0.25) is 5.91 Å². The lowest BCUT2D eigenvalue weighted by molar-refractivity contribution is -0.141. The van der Waals surface area contributed by atoms with Crippen LogP contribution in [0.1, 0.15) is 26.7 Å². The molecule has 0 aliphatic heterocycles. The average molecular weight is 280 g/mol. The first kappa shape index (κ1) is 14.4. The van der Waals surface area contributed by atoms with E-state index in [0.717, 1.165) is 0 Å². The summed E-state index contributed by atoms with van der Waals surface area (Å²) in [5.41, 5.74) is 0. The van der Waals surface area contributed by atoms with Gasteiger partial charge in [0.05, 0.1) is 11.4 Å². The molecule has 0 saturated carbocycles. The molecule has 0 saturated heterocycles. The Morgan fingerprint density at radius 1 is 1.40 bits per heavy atom. The Kier molecular flexibility index (Phi) is 5.87. The molecule has 0 aromatic rings. The maximum absolute atomic E-state index is 11.7. The molecule has 0 fully saturated rings. The van der Waals surface area contributed by atoms with E-state index in [9.17, 15) is 9.59 Å². The van der Waals surface area contributed by atoms with Crippen LogP contribution in [-0.4, -0.2) is 41.8 Å². The second-order valence-electron chi connectivity index (χ2n) is 3.88. The lowest BCUT2D eigenvalue weighted by atomic mass is 10.2. The van der Waals surface area contributed by atoms with Crippen molar-refractivity contribution in [1.82, 2.24) is 4.90 Å². The van der Waals surface area contributed by atoms with Crippen LogP contribution >= 0.6 is 15.9 Å². The molecule has 0 rings (SSSR count). The molecule has 0 spiro atoms. The number of alkyl halides is 1. The molecule has 0 radical (unpaired) electrons. The smallest absolute Gasteiger partial charge is 0.305 e. The zero-order chi connectivity index (χ0) is 12.1. The normalized spacial score (nSPS) is 11.0. The number of nitrogens with zero attached hydrogens (tertiary/aromatic N) is 1. The van der Waals surface area contributed by atoms with Gasteiger partial charge in [0.1, 0.15) is 0 Å². The molecule has 4 nitrogen and oxygen atoms in total. The van der Waals surface area contributed by atoms with Gasteiger partial charge in [0, 0.05) is 20.0 Å². The van der Waals surface area contributed by atoms with Crippen molar-refractivity contribution in [2.75, 3.05) is 20.7 Å². The Morgan fingerprint density at radius 3 is 2.33 bits per heavy atom. The van der Waals surface area contributed by atoms with Gasteiger partial charge < -0.3 is 9.64 Å². The van der Waals surface area contributed by atoms with Gasteiger partial charge in [-0.3, -0.25) is 9.59 Å². The highest BCUT2D eigenvalue weighted by Gasteiger charge is 2.26. The Morgan fingerprint density at radius 2 is 1.93 bits per heavy atom. The Labute approximate surface area is 99.1 Å². The largest absolute Gasteiger partial charge is 0.469 e. The second kappa shape index (κ2) is 6.10. The van der Waals surface area contributed by atoms with Crippen molar-refractivity contribution >= 4 is 27.8 Å². The number of carbonyl (C=O) groups excluding carboxylic acids is 2. The van der Waals surface area contributed by atoms with Crippen molar-refractivity contribution in [2.45, 2.75) is 31.0 Å². The highest BCUT2D eigenvalue weighted by molar-refractivity contribution is 9.10. The third-order valence-corrected chi connectivity index (χ3v) is 2.30. The lowest BCUT2D eigenvalue weighted by Gasteiger charge is -2.24. The predicted molar refractivity (Wildman–Crippen MR) is 61.9 cm³/mol. The van der Waals surface area contributed by atoms with E-state index in [1.165, 1.54) is 7.11 Å². The molecule has 0 unspecified atom stereocenters. The number of methoxy groups -OCH3 is 1. The fourth-order valence-electron chi connectivity index (χ4n) is 1.12. The maximum Gasteiger partial charge on any atom is 0.305 e. The van der Waals surface area contributed by atoms with Crippen LogP contribution in [0.4, 0.5) is 0 Å². The quantitative estimate of drug-likeness (QED) is 0.567. The van der Waals surface area contributed by atoms with Crippen LogP contribution in [0.2, 0.25) is 0 Å². The molecule has 1 amide bonds. The summed E-state index contributed by atoms with van der Waals surface area (Å²) in [5.74, 6) is -0.235. The van der Waals surface area contributed by atoms with Gasteiger partial charge >= 0.3 is 5.97 Å². The summed E-state index contributed by atoms with van der Waals surface area (Å²) >= 11 is 3.30. The van der Waals surface area contributed by atoms with E-state index in [4.69, 9.17) is 0 Å². The number of carbonyl (C=O) groups is 2. The van der Waals surface area contributed by atoms with Crippen molar-refractivity contribution in [3.63, 3.8) is 0 Å². The molecule has 0 aromatic heterocycles. The van der Waals surface area contributed by atoms with E-state index in [1.807, 2.05) is 0 Å². The molecule has 0 aromatic carbocycles. The van der Waals surface area contributed by atoms with Crippen molar-refractivity contribution < 1.29 is 14.3 Å². The van der Waals surface area contributed by atoms with E-state index in [2.05, 4.69) is 20.7 Å². The molecule has 0 bridgehead atoms. The first-order valence-electron chi connectivity index (χ1n) is 4.80. The summed E-state index contributed by atoms with van der Waals surface area (Å²) in [6.45, 7) is 4.15. The Hall–Kier alpha value is -0.580. The summed E-state index contributed by atoms with van der Waals surface area (Å²) < 4.78 is 3.96. The van der Waals surface area contributed by atoms with Crippen LogP contribution in [-0.2, 0) is 14.3 Å². The molecule has 0 aliphatic rings. The van der Waals surface area contributed by atoms with E-state index < -0.39 is 4.32 Å². The van der Waals surface area contributed by atoms with Crippen molar-refractivity contribution in [3.05, 3.63) is 0 Å². The summed E-state index contributed by atoms with van der Waals surface area (Å²) in [6, 6.07) is 0. The monoisotopic (exact) mass is 279 g/mol. The van der Waals surface area contributed by atoms with Crippen LogP contribution in [0, 0.1) is 0 Å². The average Bonchev–Trinajstić information content (AvgIpc) is 2.14. The Balaban J connectivity index is 3.90. The molecular weight excluding hydrogens is 262 g/mol. The van der Waals surface area contributed by atoms with Gasteiger partial charge in [-0.05, 0) is 20.3 Å². The summed E-state index contributed by atoms with van der Waals surface area (Å²) in [6.07, 6.45) is 0.967. The summed E-state index contributed by atoms with van der Waals surface area (Å²) in [5, 5.41) is 0. The third-order valence-electron chi connectivity index (χ3n) is 1.96. The molecule has 0 aliphatic carbocycles. The minimum absolute atomic E-state index is 0.00682. The molecule has 0 atom stereocenters. The topological polar surface area (TPSA) is 46.6 Å². The highest BCUT2D eigenvalue weighted by Crippen LogP contribution is 2.18. The standard InChI is InChI=1S/C10H18BrNO3/c1-10(2,11)9(14)12(3)7-5-6-8(13)15-4/h5-7H2,1-4H3. The predicted octanol–water partition coefficient (Wildman–Crippen LogP) is 1.57. The first-order valence-corrected chi connectivity index (χ1v) is 5.59. The van der Waals surface area contributed by atoms with Crippen molar-refractivity contribution in [1.29, 1.82) is 0 Å². The van der Waals surface area contributed by atoms with E-state index in [1.54, 1.807) is 25.8 Å². The molecule has 15 heavy (non-hydrogen) atoms. The third kappa shape index (κ3) is 5.77. The van der Waals surface area contributed by atoms with E-state index >= 15 is 0 Å². The van der Waals surface area contributed by atoms with Gasteiger partial charge in [-0.15, -0.1) is 0 Å². The highest BCUT2D eigenvalue weighted by atomic mass is 79.9. The lowest BCUT2D eigenvalue weighted by Crippen LogP contribution is -2.39. The number of ether oxygens (including phenoxy) is 1. The van der Waals surface area contributed by atoms with E-state index in [0.29, 0.717) is 19.4 Å². The second-order valence-corrected chi connectivity index (χ2v) is 5.86. The SMILES string of the molecule is COC(=O)CCCN(C)C(=O)C(C)(C)Br. The number of hydrogen-bond acceptors (Lipinski definition) is 3. The van der Waals surface area contributed by atoms with Crippen LogP contribution < -0.4 is 0 Å². The first-order chi connectivity index (χ1) is 6.79. The fraction of sp³-hybridized carbons (Fsp3) is 0.800. The van der Waals surface area contributed by atoms with Crippen LogP contribution in [0.25, 0.3) is 0 Å². The molecule has 5 heteroatoms. The number of rotatable bonds is 5. The summed E-state index contributed by atoms with van der Waals surface area (Å²) in [7, 11) is 3.08. The van der Waals surface area contributed by atoms with Gasteiger partial charge in [-0.2, -0.15) is 0 Å². The van der Waals surface area contributed by atoms with Gasteiger partial charge in [0.25, 0.3) is 0 Å². The van der Waals surface area contributed by atoms with Crippen molar-refractivity contribution in [2.24, 2.45) is 0 Å². The van der Waals surface area contributed by atoms with E-state index in [-0.39, 0.29) is 11.9 Å². The minimum Gasteiger partial charge on any atom is -0.469 e. The zero-order valence-electron chi connectivity index (χ0n) is 9.67. The van der Waals surface area contributed by atoms with Crippen LogP contribution in [0.5, 0.6) is 0 Å².